The quantitative estimate of drug-likeness (QED) is 0.725. The van der Waals surface area contributed by atoms with Gasteiger partial charge in [0.05, 0.1) is 0 Å². The lowest BCUT2D eigenvalue weighted by Gasteiger charge is -2.15. The summed E-state index contributed by atoms with van der Waals surface area (Å²) < 4.78 is 5.26. The zero-order valence-electron chi connectivity index (χ0n) is 11.9. The predicted octanol–water partition coefficient (Wildman–Crippen LogP) is 4.27. The number of anilines is 1. The van der Waals surface area contributed by atoms with Gasteiger partial charge in [0, 0.05) is 29.4 Å². The van der Waals surface area contributed by atoms with Crippen LogP contribution in [0.4, 0.5) is 5.69 Å². The highest BCUT2D eigenvalue weighted by molar-refractivity contribution is 6.30. The molecule has 0 aliphatic rings. The first-order valence-electron chi connectivity index (χ1n) is 6.71. The third kappa shape index (κ3) is 2.87. The number of aromatic nitrogens is 1. The van der Waals surface area contributed by atoms with E-state index in [2.05, 4.69) is 5.16 Å². The number of amides is 1. The molecule has 5 heteroatoms. The SMILES string of the molecule is CN(C(=O)c1cc(-c2ccc(Cl)cc2)on1)c1ccccc1. The summed E-state index contributed by atoms with van der Waals surface area (Å²) >= 11 is 5.86. The fourth-order valence-electron chi connectivity index (χ4n) is 2.07. The molecule has 3 aromatic rings. The van der Waals surface area contributed by atoms with E-state index in [1.807, 2.05) is 42.5 Å². The molecule has 1 heterocycles. The number of para-hydroxylation sites is 1. The lowest BCUT2D eigenvalue weighted by molar-refractivity contribution is 0.0984. The molecule has 0 radical (unpaired) electrons. The van der Waals surface area contributed by atoms with Crippen LogP contribution in [-0.2, 0) is 0 Å². The highest BCUT2D eigenvalue weighted by Gasteiger charge is 2.18. The van der Waals surface area contributed by atoms with Gasteiger partial charge < -0.3 is 9.42 Å². The predicted molar refractivity (Wildman–Crippen MR) is 86.1 cm³/mol. The molecule has 0 fully saturated rings. The van der Waals surface area contributed by atoms with Gasteiger partial charge in [0.15, 0.2) is 11.5 Å². The normalized spacial score (nSPS) is 10.5. The van der Waals surface area contributed by atoms with Crippen LogP contribution in [0.1, 0.15) is 10.5 Å². The van der Waals surface area contributed by atoms with Crippen molar-refractivity contribution in [2.24, 2.45) is 0 Å². The minimum Gasteiger partial charge on any atom is -0.355 e. The zero-order chi connectivity index (χ0) is 15.5. The summed E-state index contributed by atoms with van der Waals surface area (Å²) in [7, 11) is 1.70. The fourth-order valence-corrected chi connectivity index (χ4v) is 2.19. The molecule has 22 heavy (non-hydrogen) atoms. The second-order valence-corrected chi connectivity index (χ2v) is 5.22. The maximum Gasteiger partial charge on any atom is 0.280 e. The van der Waals surface area contributed by atoms with E-state index < -0.39 is 0 Å². The number of hydrogen-bond donors (Lipinski definition) is 0. The topological polar surface area (TPSA) is 46.3 Å². The molecule has 0 aliphatic carbocycles. The standard InChI is InChI=1S/C17H13ClN2O2/c1-20(14-5-3-2-4-6-14)17(21)15-11-16(22-19-15)12-7-9-13(18)10-8-12/h2-11H,1H3. The van der Waals surface area contributed by atoms with Crippen molar-refractivity contribution in [3.05, 3.63) is 71.4 Å². The Bertz CT molecular complexity index is 782. The number of rotatable bonds is 3. The van der Waals surface area contributed by atoms with Crippen LogP contribution in [0.3, 0.4) is 0 Å². The summed E-state index contributed by atoms with van der Waals surface area (Å²) in [6.07, 6.45) is 0. The van der Waals surface area contributed by atoms with Gasteiger partial charge in [-0.2, -0.15) is 0 Å². The Labute approximate surface area is 132 Å². The van der Waals surface area contributed by atoms with E-state index in [1.54, 1.807) is 25.2 Å². The van der Waals surface area contributed by atoms with E-state index in [0.717, 1.165) is 11.3 Å². The van der Waals surface area contributed by atoms with Crippen LogP contribution >= 0.6 is 11.6 Å². The first-order chi connectivity index (χ1) is 10.6. The monoisotopic (exact) mass is 312 g/mol. The van der Waals surface area contributed by atoms with Crippen molar-refractivity contribution >= 4 is 23.2 Å². The summed E-state index contributed by atoms with van der Waals surface area (Å²) in [5.74, 6) is 0.302. The van der Waals surface area contributed by atoms with Crippen molar-refractivity contribution in [3.8, 4) is 11.3 Å². The van der Waals surface area contributed by atoms with Crippen molar-refractivity contribution in [3.63, 3.8) is 0 Å². The van der Waals surface area contributed by atoms with E-state index in [4.69, 9.17) is 16.1 Å². The van der Waals surface area contributed by atoms with Gasteiger partial charge in [0.2, 0.25) is 0 Å². The smallest absolute Gasteiger partial charge is 0.280 e. The van der Waals surface area contributed by atoms with Gasteiger partial charge >= 0.3 is 0 Å². The number of carbonyl (C=O) groups excluding carboxylic acids is 1. The third-order valence-electron chi connectivity index (χ3n) is 3.31. The van der Waals surface area contributed by atoms with Gasteiger partial charge in [-0.05, 0) is 36.4 Å². The number of benzene rings is 2. The van der Waals surface area contributed by atoms with Crippen LogP contribution in [0.15, 0.2) is 65.2 Å². The highest BCUT2D eigenvalue weighted by atomic mass is 35.5. The molecule has 0 saturated heterocycles. The van der Waals surface area contributed by atoms with Crippen LogP contribution in [-0.4, -0.2) is 18.1 Å². The minimum atomic E-state index is -0.227. The maximum absolute atomic E-state index is 12.4. The van der Waals surface area contributed by atoms with Crippen molar-refractivity contribution < 1.29 is 9.32 Å². The second kappa shape index (κ2) is 6.03. The molecule has 0 N–H and O–H groups in total. The van der Waals surface area contributed by atoms with E-state index in [9.17, 15) is 4.79 Å². The molecular formula is C17H13ClN2O2. The summed E-state index contributed by atoms with van der Waals surface area (Å²) in [5.41, 5.74) is 1.87. The van der Waals surface area contributed by atoms with Crippen molar-refractivity contribution in [2.75, 3.05) is 11.9 Å². The number of halogens is 1. The van der Waals surface area contributed by atoms with Gasteiger partial charge in [0.1, 0.15) is 0 Å². The molecule has 2 aromatic carbocycles. The molecule has 0 saturated carbocycles. The summed E-state index contributed by atoms with van der Waals surface area (Å²) in [6, 6.07) is 18.2. The Kier molecular flexibility index (Phi) is 3.94. The Morgan fingerprint density at radius 3 is 2.45 bits per heavy atom. The third-order valence-corrected chi connectivity index (χ3v) is 3.56. The zero-order valence-corrected chi connectivity index (χ0v) is 12.6. The molecule has 0 bridgehead atoms. The maximum atomic E-state index is 12.4. The molecular weight excluding hydrogens is 300 g/mol. The summed E-state index contributed by atoms with van der Waals surface area (Å²) in [5, 5.41) is 4.50. The Balaban J connectivity index is 1.84. The lowest BCUT2D eigenvalue weighted by Crippen LogP contribution is -2.26. The molecule has 1 amide bonds. The average molecular weight is 313 g/mol. The summed E-state index contributed by atoms with van der Waals surface area (Å²) in [4.78, 5) is 14.0. The van der Waals surface area contributed by atoms with Crippen molar-refractivity contribution in [1.82, 2.24) is 5.16 Å². The molecule has 110 valence electrons. The number of nitrogens with zero attached hydrogens (tertiary/aromatic N) is 2. The van der Waals surface area contributed by atoms with Crippen LogP contribution < -0.4 is 4.90 Å². The molecule has 0 atom stereocenters. The number of carbonyl (C=O) groups is 1. The first kappa shape index (κ1) is 14.4. The largest absolute Gasteiger partial charge is 0.355 e. The second-order valence-electron chi connectivity index (χ2n) is 4.78. The van der Waals surface area contributed by atoms with Crippen LogP contribution in [0, 0.1) is 0 Å². The van der Waals surface area contributed by atoms with Gasteiger partial charge in [-0.1, -0.05) is 35.0 Å². The first-order valence-corrected chi connectivity index (χ1v) is 7.09. The number of hydrogen-bond acceptors (Lipinski definition) is 3. The van der Waals surface area contributed by atoms with Crippen LogP contribution in [0.5, 0.6) is 0 Å². The molecule has 3 rings (SSSR count). The van der Waals surface area contributed by atoms with Crippen LogP contribution in [0.2, 0.25) is 5.02 Å². The Hall–Kier alpha value is -2.59. The highest BCUT2D eigenvalue weighted by Crippen LogP contribution is 2.23. The van der Waals surface area contributed by atoms with E-state index in [0.29, 0.717) is 10.8 Å². The van der Waals surface area contributed by atoms with Crippen LogP contribution in [0.25, 0.3) is 11.3 Å². The van der Waals surface area contributed by atoms with E-state index in [-0.39, 0.29) is 11.6 Å². The van der Waals surface area contributed by atoms with Gasteiger partial charge in [0.25, 0.3) is 5.91 Å². The molecule has 0 spiro atoms. The lowest BCUT2D eigenvalue weighted by atomic mass is 10.1. The Morgan fingerprint density at radius 1 is 1.09 bits per heavy atom. The summed E-state index contributed by atoms with van der Waals surface area (Å²) in [6.45, 7) is 0. The van der Waals surface area contributed by atoms with Crippen molar-refractivity contribution in [1.29, 1.82) is 0 Å². The fraction of sp³-hybridized carbons (Fsp3) is 0.0588. The Morgan fingerprint density at radius 2 is 1.77 bits per heavy atom. The van der Waals surface area contributed by atoms with Gasteiger partial charge in [-0.3, -0.25) is 4.79 Å². The van der Waals surface area contributed by atoms with E-state index >= 15 is 0 Å². The minimum absolute atomic E-state index is 0.227. The van der Waals surface area contributed by atoms with Gasteiger partial charge in [-0.15, -0.1) is 0 Å². The molecule has 4 nitrogen and oxygen atoms in total. The van der Waals surface area contributed by atoms with Crippen molar-refractivity contribution in [2.45, 2.75) is 0 Å². The van der Waals surface area contributed by atoms with Gasteiger partial charge in [-0.25, -0.2) is 0 Å². The average Bonchev–Trinajstić information content (AvgIpc) is 3.05. The molecule has 0 unspecified atom stereocenters. The molecule has 1 aromatic heterocycles. The molecule has 0 aliphatic heterocycles. The van der Waals surface area contributed by atoms with E-state index in [1.165, 1.54) is 4.90 Å².